The number of nitrogens with zero attached hydrogens (tertiary/aromatic N) is 1. The van der Waals surface area contributed by atoms with Gasteiger partial charge in [-0.25, -0.2) is 4.79 Å². The summed E-state index contributed by atoms with van der Waals surface area (Å²) < 4.78 is 1.31. The van der Waals surface area contributed by atoms with Gasteiger partial charge in [-0.1, -0.05) is 6.07 Å². The standard InChI is InChI=1S/C13H11NO5/c15-6-8-4-5-9(7-16)14(8)11-3-1-2-10(12(11)17)13(18)19/h1-6,16-17H,7H2,(H,18,19). The van der Waals surface area contributed by atoms with E-state index in [4.69, 9.17) is 5.11 Å². The Labute approximate surface area is 108 Å². The molecule has 0 saturated carbocycles. The SMILES string of the molecule is O=Cc1ccc(CO)n1-c1cccc(C(=O)O)c1O. The Morgan fingerprint density at radius 2 is 2.00 bits per heavy atom. The fourth-order valence-electron chi connectivity index (χ4n) is 1.89. The molecule has 0 unspecified atom stereocenters. The van der Waals surface area contributed by atoms with Crippen LogP contribution in [0.3, 0.4) is 0 Å². The average Bonchev–Trinajstić information content (AvgIpc) is 2.81. The van der Waals surface area contributed by atoms with Gasteiger partial charge >= 0.3 is 5.97 Å². The smallest absolute Gasteiger partial charge is 0.339 e. The largest absolute Gasteiger partial charge is 0.505 e. The molecule has 0 aliphatic heterocycles. The molecule has 0 aliphatic rings. The quantitative estimate of drug-likeness (QED) is 0.718. The van der Waals surface area contributed by atoms with Crippen LogP contribution in [0.15, 0.2) is 30.3 Å². The molecule has 0 atom stereocenters. The molecule has 3 N–H and O–H groups in total. The maximum absolute atomic E-state index is 11.0. The van der Waals surface area contributed by atoms with Crippen molar-refractivity contribution in [1.29, 1.82) is 0 Å². The van der Waals surface area contributed by atoms with Crippen LogP contribution in [0.4, 0.5) is 0 Å². The molecule has 0 bridgehead atoms. The van der Waals surface area contributed by atoms with Gasteiger partial charge in [0.1, 0.15) is 5.56 Å². The fraction of sp³-hybridized carbons (Fsp3) is 0.0769. The number of rotatable bonds is 4. The van der Waals surface area contributed by atoms with Gasteiger partial charge in [0.15, 0.2) is 12.0 Å². The highest BCUT2D eigenvalue weighted by atomic mass is 16.4. The van der Waals surface area contributed by atoms with E-state index >= 15 is 0 Å². The summed E-state index contributed by atoms with van der Waals surface area (Å²) in [6, 6.07) is 7.17. The number of carbonyl (C=O) groups excluding carboxylic acids is 1. The summed E-state index contributed by atoms with van der Waals surface area (Å²) in [7, 11) is 0. The predicted molar refractivity (Wildman–Crippen MR) is 65.7 cm³/mol. The van der Waals surface area contributed by atoms with Crippen molar-refractivity contribution in [2.45, 2.75) is 6.61 Å². The lowest BCUT2D eigenvalue weighted by Gasteiger charge is -2.12. The normalized spacial score (nSPS) is 10.4. The molecule has 0 fully saturated rings. The molecule has 2 aromatic rings. The molecule has 0 radical (unpaired) electrons. The summed E-state index contributed by atoms with van der Waals surface area (Å²) in [6.45, 7) is -0.343. The number of phenols is 1. The van der Waals surface area contributed by atoms with Crippen molar-refractivity contribution in [2.75, 3.05) is 0 Å². The lowest BCUT2D eigenvalue weighted by Crippen LogP contribution is -2.06. The molecule has 1 aromatic carbocycles. The Morgan fingerprint density at radius 3 is 2.58 bits per heavy atom. The number of aliphatic hydroxyl groups is 1. The van der Waals surface area contributed by atoms with E-state index in [9.17, 15) is 19.8 Å². The second kappa shape index (κ2) is 4.95. The Hall–Kier alpha value is -2.60. The summed E-state index contributed by atoms with van der Waals surface area (Å²) in [4.78, 5) is 21.9. The van der Waals surface area contributed by atoms with Crippen molar-refractivity contribution in [3.05, 3.63) is 47.3 Å². The van der Waals surface area contributed by atoms with Crippen molar-refractivity contribution in [1.82, 2.24) is 4.57 Å². The van der Waals surface area contributed by atoms with E-state index in [0.717, 1.165) is 0 Å². The second-order valence-electron chi connectivity index (χ2n) is 3.84. The van der Waals surface area contributed by atoms with E-state index in [1.807, 2.05) is 0 Å². The number of carbonyl (C=O) groups is 2. The summed E-state index contributed by atoms with van der Waals surface area (Å²) >= 11 is 0. The Morgan fingerprint density at radius 1 is 1.26 bits per heavy atom. The summed E-state index contributed by atoms with van der Waals surface area (Å²) in [5.41, 5.74) is 0.449. The number of para-hydroxylation sites is 1. The Balaban J connectivity index is 2.72. The van der Waals surface area contributed by atoms with Crippen molar-refractivity contribution in [3.8, 4) is 11.4 Å². The van der Waals surface area contributed by atoms with Crippen LogP contribution in [0.2, 0.25) is 0 Å². The molecule has 0 saturated heterocycles. The van der Waals surface area contributed by atoms with Crippen molar-refractivity contribution >= 4 is 12.3 Å². The zero-order chi connectivity index (χ0) is 14.0. The maximum Gasteiger partial charge on any atom is 0.339 e. The number of aromatic carboxylic acids is 1. The van der Waals surface area contributed by atoms with Gasteiger partial charge in [-0.05, 0) is 24.3 Å². The number of carboxylic acid groups (broad SMARTS) is 1. The van der Waals surface area contributed by atoms with E-state index in [0.29, 0.717) is 12.0 Å². The molecule has 19 heavy (non-hydrogen) atoms. The summed E-state index contributed by atoms with van der Waals surface area (Å²) in [6.07, 6.45) is 0.562. The lowest BCUT2D eigenvalue weighted by atomic mass is 10.1. The minimum Gasteiger partial charge on any atom is -0.505 e. The molecular weight excluding hydrogens is 250 g/mol. The number of hydrogen-bond acceptors (Lipinski definition) is 4. The second-order valence-corrected chi connectivity index (χ2v) is 3.84. The van der Waals surface area contributed by atoms with Crippen LogP contribution in [-0.4, -0.2) is 32.1 Å². The molecule has 1 aromatic heterocycles. The average molecular weight is 261 g/mol. The lowest BCUT2D eigenvalue weighted by molar-refractivity contribution is 0.0693. The van der Waals surface area contributed by atoms with Crippen molar-refractivity contribution < 1.29 is 24.9 Å². The number of aliphatic hydroxyl groups excluding tert-OH is 1. The number of carboxylic acids is 1. The number of benzene rings is 1. The molecular formula is C13H11NO5. The van der Waals surface area contributed by atoms with Crippen LogP contribution in [0.25, 0.3) is 5.69 Å². The third-order valence-corrected chi connectivity index (χ3v) is 2.76. The van der Waals surface area contributed by atoms with Gasteiger partial charge in [-0.15, -0.1) is 0 Å². The van der Waals surface area contributed by atoms with Crippen molar-refractivity contribution in [3.63, 3.8) is 0 Å². The first-order chi connectivity index (χ1) is 9.10. The molecule has 0 spiro atoms. The molecule has 2 rings (SSSR count). The predicted octanol–water partition coefficient (Wildman–Crippen LogP) is 1.19. The highest BCUT2D eigenvalue weighted by Crippen LogP contribution is 2.28. The molecule has 98 valence electrons. The van der Waals surface area contributed by atoms with Gasteiger partial charge in [0.05, 0.1) is 18.0 Å². The third kappa shape index (κ3) is 2.09. The van der Waals surface area contributed by atoms with Gasteiger partial charge in [-0.2, -0.15) is 0 Å². The number of aromatic hydroxyl groups is 1. The Bertz CT molecular complexity index is 644. The van der Waals surface area contributed by atoms with Crippen LogP contribution in [0.1, 0.15) is 26.5 Å². The highest BCUT2D eigenvalue weighted by Gasteiger charge is 2.17. The minimum absolute atomic E-state index is 0.135. The Kier molecular flexibility index (Phi) is 3.35. The zero-order valence-electron chi connectivity index (χ0n) is 9.78. The first kappa shape index (κ1) is 12.8. The van der Waals surface area contributed by atoms with Gasteiger partial charge in [0.2, 0.25) is 0 Å². The van der Waals surface area contributed by atoms with Gasteiger partial charge in [0, 0.05) is 5.69 Å². The van der Waals surface area contributed by atoms with E-state index in [1.54, 1.807) is 0 Å². The molecule has 0 aliphatic carbocycles. The number of aromatic nitrogens is 1. The van der Waals surface area contributed by atoms with E-state index in [2.05, 4.69) is 0 Å². The number of aldehydes is 1. The molecule has 6 nitrogen and oxygen atoms in total. The highest BCUT2D eigenvalue weighted by molar-refractivity contribution is 5.92. The molecule has 1 heterocycles. The maximum atomic E-state index is 11.0. The van der Waals surface area contributed by atoms with Gasteiger partial charge < -0.3 is 19.9 Å². The topological polar surface area (TPSA) is 99.8 Å². The van der Waals surface area contributed by atoms with E-state index < -0.39 is 11.7 Å². The van der Waals surface area contributed by atoms with E-state index in [1.165, 1.54) is 34.9 Å². The molecule has 6 heteroatoms. The zero-order valence-corrected chi connectivity index (χ0v) is 9.78. The fourth-order valence-corrected chi connectivity index (χ4v) is 1.89. The van der Waals surface area contributed by atoms with Crippen LogP contribution in [-0.2, 0) is 6.61 Å². The third-order valence-electron chi connectivity index (χ3n) is 2.76. The first-order valence-electron chi connectivity index (χ1n) is 5.42. The van der Waals surface area contributed by atoms with Gasteiger partial charge in [0.25, 0.3) is 0 Å². The van der Waals surface area contributed by atoms with Crippen LogP contribution < -0.4 is 0 Å². The number of hydrogen-bond donors (Lipinski definition) is 3. The first-order valence-corrected chi connectivity index (χ1v) is 5.42. The summed E-state index contributed by atoms with van der Waals surface area (Å²) in [5, 5.41) is 28.1. The van der Waals surface area contributed by atoms with Crippen LogP contribution in [0.5, 0.6) is 5.75 Å². The molecule has 0 amide bonds. The van der Waals surface area contributed by atoms with Crippen LogP contribution in [0, 0.1) is 0 Å². The van der Waals surface area contributed by atoms with Gasteiger partial charge in [-0.3, -0.25) is 4.79 Å². The summed E-state index contributed by atoms with van der Waals surface area (Å²) in [5.74, 6) is -1.73. The van der Waals surface area contributed by atoms with Crippen LogP contribution >= 0.6 is 0 Å². The van der Waals surface area contributed by atoms with Crippen molar-refractivity contribution in [2.24, 2.45) is 0 Å². The minimum atomic E-state index is -1.27. The monoisotopic (exact) mass is 261 g/mol. The van der Waals surface area contributed by atoms with E-state index in [-0.39, 0.29) is 23.6 Å².